The molecule has 1 aliphatic carbocycles. The number of unbranched alkanes of at least 4 members (excludes halogenated alkanes) is 2. The predicted octanol–water partition coefficient (Wildman–Crippen LogP) is 6.55. The van der Waals surface area contributed by atoms with E-state index in [4.69, 9.17) is 9.47 Å². The van der Waals surface area contributed by atoms with Gasteiger partial charge in [0.15, 0.2) is 6.79 Å². The molecule has 1 fully saturated rings. The Hall–Kier alpha value is -0.800. The molecule has 23 heavy (non-hydrogen) atoms. The third kappa shape index (κ3) is 7.54. The van der Waals surface area contributed by atoms with Gasteiger partial charge in [0.25, 0.3) is 0 Å². The van der Waals surface area contributed by atoms with Gasteiger partial charge in [0.2, 0.25) is 0 Å². The molecule has 0 aliphatic heterocycles. The van der Waals surface area contributed by atoms with Gasteiger partial charge < -0.3 is 9.47 Å². The molecule has 3 heteroatoms. The normalized spacial score (nSPS) is 21.7. The fourth-order valence-electron chi connectivity index (χ4n) is 3.15. The fraction of sp³-hybridized carbons (Fsp3) is 0.600. The molecule has 2 rings (SSSR count). The molecule has 1 aromatic carbocycles. The average molecular weight is 381 g/mol. The van der Waals surface area contributed by atoms with Crippen molar-refractivity contribution >= 4 is 22.0 Å². The van der Waals surface area contributed by atoms with Crippen LogP contribution in [0.5, 0.6) is 0 Å². The highest BCUT2D eigenvalue weighted by molar-refractivity contribution is 9.10. The standard InChI is InChI=1S/C20H29BrO2/c1-2-3-4-5-17-8-12-20(13-9-17)23-16-22-15-14-18-6-10-19(21)11-7-18/h6-7,10-11,14-15,17,20H,2-5,8-9,12-13,16H2,1H3. The van der Waals surface area contributed by atoms with Crippen LogP contribution in [-0.2, 0) is 9.47 Å². The first-order valence-corrected chi connectivity index (χ1v) is 9.72. The van der Waals surface area contributed by atoms with Gasteiger partial charge in [-0.3, -0.25) is 0 Å². The third-order valence-electron chi connectivity index (χ3n) is 4.61. The number of halogens is 1. The van der Waals surface area contributed by atoms with Crippen LogP contribution < -0.4 is 0 Å². The van der Waals surface area contributed by atoms with Crippen molar-refractivity contribution in [2.45, 2.75) is 64.4 Å². The lowest BCUT2D eigenvalue weighted by Gasteiger charge is -2.28. The number of ether oxygens (including phenoxy) is 2. The van der Waals surface area contributed by atoms with Gasteiger partial charge in [-0.1, -0.05) is 60.7 Å². The minimum atomic E-state index is 0.359. The van der Waals surface area contributed by atoms with E-state index in [1.54, 1.807) is 6.26 Å². The quantitative estimate of drug-likeness (QED) is 0.274. The molecule has 0 bridgehead atoms. The monoisotopic (exact) mass is 380 g/mol. The van der Waals surface area contributed by atoms with Crippen molar-refractivity contribution in [1.82, 2.24) is 0 Å². The smallest absolute Gasteiger partial charge is 0.188 e. The molecule has 0 N–H and O–H groups in total. The number of hydrogen-bond acceptors (Lipinski definition) is 2. The van der Waals surface area contributed by atoms with Crippen molar-refractivity contribution in [2.24, 2.45) is 5.92 Å². The van der Waals surface area contributed by atoms with Gasteiger partial charge in [0.05, 0.1) is 12.4 Å². The fourth-order valence-corrected chi connectivity index (χ4v) is 3.41. The van der Waals surface area contributed by atoms with Crippen molar-refractivity contribution in [1.29, 1.82) is 0 Å². The lowest BCUT2D eigenvalue weighted by atomic mass is 9.84. The second-order valence-electron chi connectivity index (χ2n) is 6.44. The van der Waals surface area contributed by atoms with Crippen LogP contribution in [0.2, 0.25) is 0 Å². The average Bonchev–Trinajstić information content (AvgIpc) is 2.58. The molecular weight excluding hydrogens is 352 g/mol. The Kier molecular flexibility index (Phi) is 8.77. The Balaban J connectivity index is 1.54. The molecule has 0 heterocycles. The Bertz CT molecular complexity index is 447. The van der Waals surface area contributed by atoms with Crippen LogP contribution in [-0.4, -0.2) is 12.9 Å². The second-order valence-corrected chi connectivity index (χ2v) is 7.36. The van der Waals surface area contributed by atoms with E-state index in [-0.39, 0.29) is 0 Å². The number of rotatable bonds is 9. The van der Waals surface area contributed by atoms with Crippen LogP contribution in [0.3, 0.4) is 0 Å². The van der Waals surface area contributed by atoms with Crippen LogP contribution in [0.1, 0.15) is 63.9 Å². The zero-order valence-corrected chi connectivity index (χ0v) is 15.8. The topological polar surface area (TPSA) is 18.5 Å². The first-order valence-electron chi connectivity index (χ1n) is 8.93. The summed E-state index contributed by atoms with van der Waals surface area (Å²) in [6, 6.07) is 8.14. The third-order valence-corrected chi connectivity index (χ3v) is 5.14. The van der Waals surface area contributed by atoms with Crippen molar-refractivity contribution in [3.8, 4) is 0 Å². The van der Waals surface area contributed by atoms with E-state index < -0.39 is 0 Å². The van der Waals surface area contributed by atoms with E-state index in [1.165, 1.54) is 51.4 Å². The molecule has 1 aromatic rings. The van der Waals surface area contributed by atoms with Crippen molar-refractivity contribution < 1.29 is 9.47 Å². The summed E-state index contributed by atoms with van der Waals surface area (Å²) in [6.45, 7) is 2.63. The summed E-state index contributed by atoms with van der Waals surface area (Å²) in [7, 11) is 0. The van der Waals surface area contributed by atoms with E-state index in [0.717, 1.165) is 16.0 Å². The molecule has 0 saturated heterocycles. The summed E-state index contributed by atoms with van der Waals surface area (Å²) < 4.78 is 12.4. The van der Waals surface area contributed by atoms with E-state index in [2.05, 4.69) is 22.9 Å². The lowest BCUT2D eigenvalue weighted by Crippen LogP contribution is -2.22. The van der Waals surface area contributed by atoms with Gasteiger partial charge >= 0.3 is 0 Å². The Morgan fingerprint density at radius 2 is 1.83 bits per heavy atom. The van der Waals surface area contributed by atoms with Gasteiger partial charge in [-0.15, -0.1) is 0 Å². The second kappa shape index (κ2) is 10.9. The van der Waals surface area contributed by atoms with E-state index in [1.807, 2.05) is 30.3 Å². The SMILES string of the molecule is CCCCCC1CCC(OCOC=Cc2ccc(Br)cc2)CC1. The van der Waals surface area contributed by atoms with Gasteiger partial charge in [-0.25, -0.2) is 0 Å². The molecule has 0 aromatic heterocycles. The Morgan fingerprint density at radius 1 is 1.09 bits per heavy atom. The van der Waals surface area contributed by atoms with Crippen molar-refractivity contribution in [3.05, 3.63) is 40.6 Å². The highest BCUT2D eigenvalue weighted by Gasteiger charge is 2.21. The predicted molar refractivity (Wildman–Crippen MR) is 100 cm³/mol. The zero-order chi connectivity index (χ0) is 16.3. The maximum Gasteiger partial charge on any atom is 0.188 e. The van der Waals surface area contributed by atoms with Gasteiger partial charge in [0, 0.05) is 4.47 Å². The van der Waals surface area contributed by atoms with Gasteiger partial charge in [-0.05, 0) is 55.4 Å². The van der Waals surface area contributed by atoms with E-state index in [9.17, 15) is 0 Å². The minimum absolute atomic E-state index is 0.359. The molecule has 0 spiro atoms. The van der Waals surface area contributed by atoms with Crippen LogP contribution in [0, 0.1) is 5.92 Å². The highest BCUT2D eigenvalue weighted by atomic mass is 79.9. The van der Waals surface area contributed by atoms with Gasteiger partial charge in [-0.2, -0.15) is 0 Å². The minimum Gasteiger partial charge on any atom is -0.475 e. The summed E-state index contributed by atoms with van der Waals surface area (Å²) in [5.74, 6) is 0.930. The van der Waals surface area contributed by atoms with Crippen LogP contribution in [0.25, 0.3) is 6.08 Å². The van der Waals surface area contributed by atoms with Crippen LogP contribution in [0.4, 0.5) is 0 Å². The van der Waals surface area contributed by atoms with E-state index in [0.29, 0.717) is 12.9 Å². The maximum atomic E-state index is 5.83. The molecule has 0 radical (unpaired) electrons. The molecule has 1 aliphatic rings. The zero-order valence-electron chi connectivity index (χ0n) is 14.2. The highest BCUT2D eigenvalue weighted by Crippen LogP contribution is 2.29. The van der Waals surface area contributed by atoms with Crippen molar-refractivity contribution in [3.63, 3.8) is 0 Å². The first-order chi connectivity index (χ1) is 11.3. The number of hydrogen-bond donors (Lipinski definition) is 0. The summed E-state index contributed by atoms with van der Waals surface area (Å²) in [4.78, 5) is 0. The molecular formula is C20H29BrO2. The molecule has 0 unspecified atom stereocenters. The largest absolute Gasteiger partial charge is 0.475 e. The Labute approximate surface area is 149 Å². The summed E-state index contributed by atoms with van der Waals surface area (Å²) >= 11 is 3.43. The molecule has 0 amide bonds. The van der Waals surface area contributed by atoms with E-state index >= 15 is 0 Å². The summed E-state index contributed by atoms with van der Waals surface area (Å²) in [5, 5.41) is 0. The molecule has 2 nitrogen and oxygen atoms in total. The maximum absolute atomic E-state index is 5.83. The Morgan fingerprint density at radius 3 is 2.52 bits per heavy atom. The lowest BCUT2D eigenvalue weighted by molar-refractivity contribution is -0.0726. The van der Waals surface area contributed by atoms with Crippen LogP contribution >= 0.6 is 15.9 Å². The number of benzene rings is 1. The molecule has 0 atom stereocenters. The summed E-state index contributed by atoms with van der Waals surface area (Å²) in [5.41, 5.74) is 1.13. The molecule has 1 saturated carbocycles. The summed E-state index contributed by atoms with van der Waals surface area (Å²) in [6.07, 6.45) is 14.6. The van der Waals surface area contributed by atoms with Gasteiger partial charge in [0.1, 0.15) is 0 Å². The van der Waals surface area contributed by atoms with Crippen molar-refractivity contribution in [2.75, 3.05) is 6.79 Å². The first kappa shape index (κ1) is 18.5. The van der Waals surface area contributed by atoms with Crippen LogP contribution in [0.15, 0.2) is 35.0 Å². The molecule has 128 valence electrons.